The predicted octanol–water partition coefficient (Wildman–Crippen LogP) is 3.91. The van der Waals surface area contributed by atoms with Crippen LogP contribution in [0.15, 0.2) is 62.2 Å². The number of nitriles is 3. The number of nitrogens with two attached hydrogens (primary N) is 1. The number of nitrogens with zero attached hydrogens (tertiary/aromatic N) is 11. The summed E-state index contributed by atoms with van der Waals surface area (Å²) in [4.78, 5) is 78.6. The molecule has 0 spiro atoms. The highest BCUT2D eigenvalue weighted by molar-refractivity contribution is 6.33. The van der Waals surface area contributed by atoms with E-state index in [2.05, 4.69) is 43.9 Å². The number of primary amides is 1. The van der Waals surface area contributed by atoms with Crippen LogP contribution in [0.25, 0.3) is 21.8 Å². The molecule has 2 aliphatic heterocycles. The van der Waals surface area contributed by atoms with Gasteiger partial charge in [-0.1, -0.05) is 36.4 Å². The molecule has 0 aliphatic carbocycles. The van der Waals surface area contributed by atoms with Gasteiger partial charge in [-0.25, -0.2) is 29.5 Å². The van der Waals surface area contributed by atoms with E-state index in [1.165, 1.54) is 28.5 Å². The number of alkyl halides is 6. The van der Waals surface area contributed by atoms with E-state index in [4.69, 9.17) is 28.9 Å². The van der Waals surface area contributed by atoms with Crippen molar-refractivity contribution in [3.8, 4) is 18.2 Å². The van der Waals surface area contributed by atoms with Crippen LogP contribution < -0.4 is 15.5 Å². The highest BCUT2D eigenvalue weighted by Crippen LogP contribution is 2.31. The van der Waals surface area contributed by atoms with Crippen LogP contribution in [0.1, 0.15) is 11.1 Å². The van der Waals surface area contributed by atoms with Gasteiger partial charge in [0.2, 0.25) is 17.7 Å². The van der Waals surface area contributed by atoms with E-state index >= 15 is 0 Å². The van der Waals surface area contributed by atoms with Gasteiger partial charge in [-0.05, 0) is 36.4 Å². The highest BCUT2D eigenvalue weighted by atomic mass is 35.5. The van der Waals surface area contributed by atoms with Crippen LogP contribution >= 0.6 is 23.2 Å². The van der Waals surface area contributed by atoms with Crippen molar-refractivity contribution in [3.63, 3.8) is 0 Å². The first-order valence-corrected chi connectivity index (χ1v) is 18.5. The Hall–Kier alpha value is -7.62. The minimum atomic E-state index is -5.62. The van der Waals surface area contributed by atoms with Crippen molar-refractivity contribution in [2.24, 2.45) is 5.73 Å². The lowest BCUT2D eigenvalue weighted by Crippen LogP contribution is -2.59. The number of fused-ring (bicyclic) bond motifs is 2. The number of hydrogen-bond donors (Lipinski definition) is 1. The summed E-state index contributed by atoms with van der Waals surface area (Å²) in [5.74, 6) is -6.45. The third-order valence-electron chi connectivity index (χ3n) is 9.05. The number of halogens is 8. The Labute approximate surface area is 366 Å². The van der Waals surface area contributed by atoms with Crippen LogP contribution in [0.4, 0.5) is 38.0 Å². The van der Waals surface area contributed by atoms with Crippen molar-refractivity contribution in [3.05, 3.63) is 83.4 Å². The van der Waals surface area contributed by atoms with Crippen molar-refractivity contribution >= 4 is 86.3 Å². The summed E-state index contributed by atoms with van der Waals surface area (Å²) in [5.41, 5.74) is 7.32. The third kappa shape index (κ3) is 11.4. The van der Waals surface area contributed by atoms with Gasteiger partial charge in [0, 0.05) is 43.5 Å². The number of aromatic nitrogens is 4. The first kappa shape index (κ1) is 49.0. The Bertz CT molecular complexity index is 2640. The van der Waals surface area contributed by atoms with Gasteiger partial charge in [-0.3, -0.25) is 14.4 Å². The van der Waals surface area contributed by atoms with Crippen LogP contribution in [0.2, 0.25) is 10.0 Å². The fraction of sp³-hybridized carbons (Fsp3) is 0.263. The molecule has 2 N–H and O–H groups in total. The zero-order valence-electron chi connectivity index (χ0n) is 32.4. The van der Waals surface area contributed by atoms with Crippen molar-refractivity contribution < 1.29 is 55.1 Å². The number of esters is 2. The molecule has 2 aliphatic rings. The molecule has 332 valence electrons. The Morgan fingerprint density at radius 3 is 1.52 bits per heavy atom. The van der Waals surface area contributed by atoms with Crippen molar-refractivity contribution in [2.75, 3.05) is 49.1 Å². The average Bonchev–Trinajstić information content (AvgIpc) is 3.26. The maximum Gasteiger partial charge on any atom is 0.491 e. The van der Waals surface area contributed by atoms with Crippen LogP contribution in [-0.2, 0) is 28.7 Å². The number of hydrogen-bond acceptors (Lipinski definition) is 15. The molecule has 2 aromatic heterocycles. The van der Waals surface area contributed by atoms with Crippen LogP contribution in [0.5, 0.6) is 0 Å². The topological polar surface area (TPSA) is 256 Å². The van der Waals surface area contributed by atoms with Gasteiger partial charge in [0.25, 0.3) is 0 Å². The molecule has 4 aromatic rings. The van der Waals surface area contributed by atoms with E-state index < -0.39 is 42.3 Å². The van der Waals surface area contributed by atoms with Gasteiger partial charge < -0.3 is 30.1 Å². The van der Waals surface area contributed by atoms with Gasteiger partial charge >= 0.3 is 24.3 Å². The number of carbonyl (C=O) groups excluding carboxylic acids is 5. The lowest BCUT2D eigenvalue weighted by atomic mass is 10.1. The van der Waals surface area contributed by atoms with Crippen molar-refractivity contribution in [2.45, 2.75) is 24.4 Å². The number of rotatable bonds is 5. The molecule has 0 radical (unpaired) electrons. The zero-order chi connectivity index (χ0) is 47.7. The molecule has 0 saturated carbocycles. The molecule has 4 heterocycles. The molecule has 64 heavy (non-hydrogen) atoms. The number of ether oxygens (including phenoxy) is 1. The monoisotopic (exact) mass is 932 g/mol. The van der Waals surface area contributed by atoms with Crippen molar-refractivity contribution in [1.29, 1.82) is 15.8 Å². The normalized spacial score (nSPS) is 16.1. The number of amides is 3. The molecular weight excluding hydrogens is 905 g/mol. The van der Waals surface area contributed by atoms with Gasteiger partial charge in [0.15, 0.2) is 0 Å². The summed E-state index contributed by atoms with van der Waals surface area (Å²) in [6.45, 7) is 9.05. The number of anilines is 2. The summed E-state index contributed by atoms with van der Waals surface area (Å²) in [7, 11) is 0. The lowest BCUT2D eigenvalue weighted by Gasteiger charge is -2.40. The maximum atomic E-state index is 12.0. The fourth-order valence-electron chi connectivity index (χ4n) is 6.07. The molecule has 3 amide bonds. The maximum absolute atomic E-state index is 12.0. The van der Waals surface area contributed by atoms with Gasteiger partial charge in [-0.15, -0.1) is 0 Å². The summed E-state index contributed by atoms with van der Waals surface area (Å²) in [6.07, 6.45) is -6.07. The minimum Gasteiger partial charge on any atom is -0.380 e. The smallest absolute Gasteiger partial charge is 0.380 e. The first-order valence-electron chi connectivity index (χ1n) is 17.7. The first-order chi connectivity index (χ1) is 30.1. The van der Waals surface area contributed by atoms with Gasteiger partial charge in [0.1, 0.15) is 48.5 Å². The Balaban J connectivity index is 0.000000223. The Morgan fingerprint density at radius 2 is 1.12 bits per heavy atom. The van der Waals surface area contributed by atoms with Crippen LogP contribution in [-0.4, -0.2) is 123 Å². The summed E-state index contributed by atoms with van der Waals surface area (Å²) in [5, 5.41) is 29.8. The fourth-order valence-corrected chi connectivity index (χ4v) is 6.47. The van der Waals surface area contributed by atoms with E-state index in [9.17, 15) is 66.1 Å². The standard InChI is InChI=1S/C17H15ClN6O2.C17H13ClN6O.C4F6O3/c1-2-15(25)24-4-3-23(8-14(24)16(20)26)17-11-5-10(7-19)12(18)6-13(11)21-9-22-17;1-2-16(25)24-4-3-23(9-12(24)8-20)17-13-5-11(7-19)14(18)6-15(13)21-10-22-17;5-3(6,7)1(11)13-2(12)4(8,9)10/h2,5-6,9,14H,1,3-4,8H2,(H2,20,26);2,5-6,10,12H,1,3-4,9H2;. The van der Waals surface area contributed by atoms with Crippen LogP contribution in [0.3, 0.4) is 0 Å². The van der Waals surface area contributed by atoms with E-state index in [0.717, 1.165) is 6.08 Å². The van der Waals surface area contributed by atoms with E-state index in [-0.39, 0.29) is 18.4 Å². The predicted molar refractivity (Wildman–Crippen MR) is 212 cm³/mol. The largest absolute Gasteiger partial charge is 0.491 e. The second-order valence-corrected chi connectivity index (χ2v) is 13.7. The zero-order valence-corrected chi connectivity index (χ0v) is 33.9. The number of benzene rings is 2. The van der Waals surface area contributed by atoms with E-state index in [1.807, 2.05) is 21.9 Å². The number of carbonyl (C=O) groups is 5. The van der Waals surface area contributed by atoms with Crippen molar-refractivity contribution in [1.82, 2.24) is 29.7 Å². The lowest BCUT2D eigenvalue weighted by molar-refractivity contribution is -0.221. The summed E-state index contributed by atoms with van der Waals surface area (Å²) in [6, 6.07) is 11.3. The quantitative estimate of drug-likeness (QED) is 0.129. The average molecular weight is 934 g/mol. The summed E-state index contributed by atoms with van der Waals surface area (Å²) >= 11 is 12.1. The third-order valence-corrected chi connectivity index (χ3v) is 9.67. The molecule has 0 bridgehead atoms. The summed E-state index contributed by atoms with van der Waals surface area (Å²) < 4.78 is 69.7. The molecule has 6 rings (SSSR count). The molecule has 2 aromatic carbocycles. The minimum absolute atomic E-state index is 0.186. The Morgan fingerprint density at radius 1 is 0.703 bits per heavy atom. The second kappa shape index (κ2) is 20.5. The molecule has 26 heteroatoms. The number of piperazine rings is 2. The molecule has 2 atom stereocenters. The van der Waals surface area contributed by atoms with E-state index in [0.29, 0.717) is 87.3 Å². The van der Waals surface area contributed by atoms with Gasteiger partial charge in [-0.2, -0.15) is 42.1 Å². The molecule has 2 unspecified atom stereocenters. The molecule has 2 saturated heterocycles. The highest BCUT2D eigenvalue weighted by Gasteiger charge is 2.49. The SMILES string of the molecule is C=CC(=O)N1CCN(c2ncnc3cc(Cl)c(C#N)cc23)CC1C#N.C=CC(=O)N1CCN(c2ncnc3cc(Cl)c(C#N)cc23)CC1C(N)=O.O=C(OC(=O)C(F)(F)F)C(F)(F)F. The Kier molecular flexibility index (Phi) is 15.7. The molecular formula is C38H28Cl2F6N12O6. The van der Waals surface area contributed by atoms with Crippen LogP contribution in [0, 0.1) is 34.0 Å². The van der Waals surface area contributed by atoms with E-state index in [1.54, 1.807) is 24.3 Å². The van der Waals surface area contributed by atoms with Gasteiger partial charge in [0.05, 0.1) is 44.8 Å². The molecule has 18 nitrogen and oxygen atoms in total. The molecule has 2 fully saturated rings. The second-order valence-electron chi connectivity index (χ2n) is 12.9.